The Morgan fingerprint density at radius 2 is 2.05 bits per heavy atom. The number of rotatable bonds is 4. The average Bonchev–Trinajstić information content (AvgIpc) is 3.08. The topological polar surface area (TPSA) is 61.4 Å². The molecule has 3 heterocycles. The van der Waals surface area contributed by atoms with E-state index in [0.29, 0.717) is 6.04 Å². The molecule has 0 bridgehead atoms. The molecule has 2 saturated heterocycles. The number of hydrogen-bond acceptors (Lipinski definition) is 6. The Morgan fingerprint density at radius 3 is 2.62 bits per heavy atom. The van der Waals surface area contributed by atoms with Crippen LogP contribution in [0.25, 0.3) is 0 Å². The minimum atomic E-state index is 0.115. The largest absolute Gasteiger partial charge is 0.357 e. The lowest BCUT2D eigenvalue weighted by Crippen LogP contribution is -2.47. The zero-order chi connectivity index (χ0) is 14.8. The van der Waals surface area contributed by atoms with Gasteiger partial charge in [-0.2, -0.15) is 4.37 Å². The number of carbonyl (C=O) groups is 1. The van der Waals surface area contributed by atoms with E-state index in [-0.39, 0.29) is 11.9 Å². The Hall–Kier alpha value is -1.21. The van der Waals surface area contributed by atoms with Gasteiger partial charge < -0.3 is 10.2 Å². The van der Waals surface area contributed by atoms with Crippen LogP contribution in [0.5, 0.6) is 0 Å². The summed E-state index contributed by atoms with van der Waals surface area (Å²) in [6.07, 6.45) is 3.99. The fourth-order valence-corrected chi connectivity index (χ4v) is 3.86. The molecule has 1 aromatic rings. The number of likely N-dealkylation sites (N-methyl/N-ethyl adjacent to an activating group) is 1. The van der Waals surface area contributed by atoms with Gasteiger partial charge in [-0.1, -0.05) is 6.92 Å². The fraction of sp³-hybridized carbons (Fsp3) is 0.786. The molecule has 0 unspecified atom stereocenters. The number of piperidine rings is 1. The van der Waals surface area contributed by atoms with Gasteiger partial charge in [0.05, 0.1) is 6.04 Å². The van der Waals surface area contributed by atoms with E-state index in [1.54, 1.807) is 0 Å². The second-order valence-corrected chi connectivity index (χ2v) is 6.64. The van der Waals surface area contributed by atoms with Crippen LogP contribution in [0.4, 0.5) is 5.13 Å². The van der Waals surface area contributed by atoms with Gasteiger partial charge in [0.15, 0.2) is 0 Å². The monoisotopic (exact) mass is 309 g/mol. The average molecular weight is 309 g/mol. The maximum absolute atomic E-state index is 12.1. The minimum absolute atomic E-state index is 0.115. The lowest BCUT2D eigenvalue weighted by atomic mass is 10.0. The molecular weight excluding hydrogens is 286 g/mol. The third kappa shape index (κ3) is 3.18. The third-order valence-corrected chi connectivity index (χ3v) is 5.17. The molecule has 6 nitrogen and oxygen atoms in total. The number of carbonyl (C=O) groups excluding carboxylic acids is 1. The molecule has 2 aliphatic rings. The van der Waals surface area contributed by atoms with Gasteiger partial charge in [-0.05, 0) is 19.3 Å². The van der Waals surface area contributed by atoms with Crippen molar-refractivity contribution >= 4 is 22.6 Å². The van der Waals surface area contributed by atoms with E-state index >= 15 is 0 Å². The summed E-state index contributed by atoms with van der Waals surface area (Å²) < 4.78 is 4.30. The molecule has 3 rings (SSSR count). The van der Waals surface area contributed by atoms with Gasteiger partial charge in [0.1, 0.15) is 5.82 Å². The summed E-state index contributed by atoms with van der Waals surface area (Å²) in [6, 6.07) is 0.567. The molecule has 1 N–H and O–H groups in total. The fourth-order valence-electron chi connectivity index (χ4n) is 3.13. The highest BCUT2D eigenvalue weighted by Crippen LogP contribution is 2.23. The molecule has 0 aliphatic carbocycles. The first-order valence-corrected chi connectivity index (χ1v) is 8.53. The highest BCUT2D eigenvalue weighted by molar-refractivity contribution is 7.09. The van der Waals surface area contributed by atoms with E-state index < -0.39 is 0 Å². The second kappa shape index (κ2) is 6.27. The molecule has 1 aromatic heterocycles. The van der Waals surface area contributed by atoms with E-state index in [4.69, 9.17) is 0 Å². The van der Waals surface area contributed by atoms with Crippen molar-refractivity contribution in [2.75, 3.05) is 32.0 Å². The molecule has 1 atom stereocenters. The van der Waals surface area contributed by atoms with Gasteiger partial charge in [0, 0.05) is 50.7 Å². The Kier molecular flexibility index (Phi) is 4.40. The number of aromatic nitrogens is 2. The van der Waals surface area contributed by atoms with E-state index in [1.165, 1.54) is 11.5 Å². The summed E-state index contributed by atoms with van der Waals surface area (Å²) in [7, 11) is 1.90. The van der Waals surface area contributed by atoms with Crippen LogP contribution in [0.15, 0.2) is 0 Å². The number of nitrogens with zero attached hydrogens (tertiary/aromatic N) is 4. The first-order chi connectivity index (χ1) is 10.2. The summed E-state index contributed by atoms with van der Waals surface area (Å²) in [6.45, 7) is 4.94. The van der Waals surface area contributed by atoms with Gasteiger partial charge in [-0.3, -0.25) is 9.69 Å². The van der Waals surface area contributed by atoms with Crippen LogP contribution in [0, 0.1) is 0 Å². The van der Waals surface area contributed by atoms with E-state index in [9.17, 15) is 4.79 Å². The van der Waals surface area contributed by atoms with Crippen molar-refractivity contribution in [1.29, 1.82) is 0 Å². The molecule has 0 radical (unpaired) electrons. The van der Waals surface area contributed by atoms with Gasteiger partial charge in [-0.15, -0.1) is 0 Å². The molecule has 116 valence electrons. The molecule has 0 aromatic carbocycles. The first kappa shape index (κ1) is 14.7. The van der Waals surface area contributed by atoms with Crippen LogP contribution < -0.4 is 5.32 Å². The maximum Gasteiger partial charge on any atom is 0.239 e. The molecule has 2 aliphatic heterocycles. The number of anilines is 1. The number of likely N-dealkylation sites (tertiary alicyclic amines) is 2. The van der Waals surface area contributed by atoms with Crippen molar-refractivity contribution in [3.8, 4) is 0 Å². The Balaban J connectivity index is 1.50. The van der Waals surface area contributed by atoms with Crippen molar-refractivity contribution in [3.05, 3.63) is 5.82 Å². The molecular formula is C14H23N5OS. The smallest absolute Gasteiger partial charge is 0.239 e. The lowest BCUT2D eigenvalue weighted by molar-refractivity contribution is -0.131. The molecule has 2 fully saturated rings. The van der Waals surface area contributed by atoms with Crippen molar-refractivity contribution in [2.24, 2.45) is 0 Å². The van der Waals surface area contributed by atoms with Crippen LogP contribution in [0.1, 0.15) is 32.0 Å². The third-order valence-electron chi connectivity index (χ3n) is 4.48. The van der Waals surface area contributed by atoms with Crippen LogP contribution in [-0.4, -0.2) is 63.8 Å². The number of aryl methyl sites for hydroxylation is 1. The zero-order valence-corrected chi connectivity index (χ0v) is 13.5. The summed E-state index contributed by atoms with van der Waals surface area (Å²) >= 11 is 1.45. The molecule has 0 spiro atoms. The molecule has 21 heavy (non-hydrogen) atoms. The van der Waals surface area contributed by atoms with Crippen molar-refractivity contribution in [2.45, 2.75) is 44.7 Å². The highest BCUT2D eigenvalue weighted by Gasteiger charge is 2.35. The quantitative estimate of drug-likeness (QED) is 0.906. The first-order valence-electron chi connectivity index (χ1n) is 7.75. The predicted octanol–water partition coefficient (Wildman–Crippen LogP) is 1.21. The normalized spacial score (nSPS) is 24.8. The van der Waals surface area contributed by atoms with Gasteiger partial charge in [-0.25, -0.2) is 4.98 Å². The zero-order valence-electron chi connectivity index (χ0n) is 12.7. The van der Waals surface area contributed by atoms with Crippen molar-refractivity contribution in [1.82, 2.24) is 19.2 Å². The van der Waals surface area contributed by atoms with Crippen molar-refractivity contribution in [3.63, 3.8) is 0 Å². The summed E-state index contributed by atoms with van der Waals surface area (Å²) in [4.78, 5) is 20.7. The van der Waals surface area contributed by atoms with Crippen LogP contribution in [-0.2, 0) is 11.2 Å². The molecule has 0 saturated carbocycles. The van der Waals surface area contributed by atoms with Crippen LogP contribution in [0.3, 0.4) is 0 Å². The Bertz CT molecular complexity index is 497. The SMILES string of the molecule is CCc1nsc(NC2CCN([C@H]3CCN(C)C3=O)CC2)n1. The second-order valence-electron chi connectivity index (χ2n) is 5.89. The van der Waals surface area contributed by atoms with Gasteiger partial charge in [0.2, 0.25) is 11.0 Å². The number of amides is 1. The van der Waals surface area contributed by atoms with Crippen LogP contribution in [0.2, 0.25) is 0 Å². The van der Waals surface area contributed by atoms with Crippen LogP contribution >= 0.6 is 11.5 Å². The number of nitrogens with one attached hydrogen (secondary N) is 1. The molecule has 1 amide bonds. The maximum atomic E-state index is 12.1. The van der Waals surface area contributed by atoms with Gasteiger partial charge >= 0.3 is 0 Å². The summed E-state index contributed by atoms with van der Waals surface area (Å²) in [5.41, 5.74) is 0. The summed E-state index contributed by atoms with van der Waals surface area (Å²) in [5, 5.41) is 4.42. The van der Waals surface area contributed by atoms with E-state index in [1.807, 2.05) is 11.9 Å². The Morgan fingerprint density at radius 1 is 1.29 bits per heavy atom. The summed E-state index contributed by atoms with van der Waals surface area (Å²) in [5.74, 6) is 1.21. The predicted molar refractivity (Wildman–Crippen MR) is 83.5 cm³/mol. The lowest BCUT2D eigenvalue weighted by Gasteiger charge is -2.35. The van der Waals surface area contributed by atoms with Crippen molar-refractivity contribution < 1.29 is 4.79 Å². The van der Waals surface area contributed by atoms with E-state index in [2.05, 4.69) is 26.5 Å². The minimum Gasteiger partial charge on any atom is -0.357 e. The molecule has 7 heteroatoms. The number of hydrogen-bond donors (Lipinski definition) is 1. The van der Waals surface area contributed by atoms with Gasteiger partial charge in [0.25, 0.3) is 0 Å². The highest BCUT2D eigenvalue weighted by atomic mass is 32.1. The standard InChI is InChI=1S/C14H23N5OS/c1-3-12-16-14(21-17-12)15-10-4-8-19(9-5-10)11-6-7-18(2)13(11)20/h10-11H,3-9H2,1-2H3,(H,15,16,17)/t11-/m0/s1. The van der Waals surface area contributed by atoms with E-state index in [0.717, 1.165) is 56.3 Å². The Labute approximate surface area is 129 Å².